The first-order chi connectivity index (χ1) is 8.99. The lowest BCUT2D eigenvalue weighted by molar-refractivity contribution is -0.148. The second-order valence-corrected chi connectivity index (χ2v) is 4.84. The van der Waals surface area contributed by atoms with Gasteiger partial charge in [-0.15, -0.1) is 0 Å². The molecule has 6 heteroatoms. The van der Waals surface area contributed by atoms with Gasteiger partial charge in [-0.05, 0) is 12.1 Å². The molecule has 1 atom stereocenters. The van der Waals surface area contributed by atoms with Crippen LogP contribution in [-0.4, -0.2) is 44.8 Å². The Kier molecular flexibility index (Phi) is 3.69. The van der Waals surface area contributed by atoms with Crippen molar-refractivity contribution in [3.8, 4) is 0 Å². The van der Waals surface area contributed by atoms with Crippen molar-refractivity contribution in [2.75, 3.05) is 13.1 Å². The number of hydrogen-bond acceptors (Lipinski definition) is 3. The molecule has 102 valence electrons. The van der Waals surface area contributed by atoms with E-state index in [2.05, 4.69) is 5.10 Å². The molecule has 2 heterocycles. The van der Waals surface area contributed by atoms with Crippen molar-refractivity contribution in [1.29, 1.82) is 0 Å². The summed E-state index contributed by atoms with van der Waals surface area (Å²) in [5.74, 6) is -1.23. The molecule has 1 aliphatic heterocycles. The molecular weight excluding hydrogens is 246 g/mol. The number of aryl methyl sites for hydroxylation is 1. The van der Waals surface area contributed by atoms with Gasteiger partial charge < -0.3 is 10.0 Å². The molecule has 6 nitrogen and oxygen atoms in total. The quantitative estimate of drug-likeness (QED) is 0.808. The molecule has 0 spiro atoms. The molecule has 1 fully saturated rings. The Labute approximate surface area is 111 Å². The van der Waals surface area contributed by atoms with E-state index in [1.54, 1.807) is 35.8 Å². The van der Waals surface area contributed by atoms with Gasteiger partial charge in [0.15, 0.2) is 0 Å². The molecule has 0 aromatic carbocycles. The Hall–Kier alpha value is -2.11. The van der Waals surface area contributed by atoms with Gasteiger partial charge in [0, 0.05) is 38.3 Å². The summed E-state index contributed by atoms with van der Waals surface area (Å²) in [5, 5.41) is 12.9. The first-order valence-electron chi connectivity index (χ1n) is 6.17. The first-order valence-corrected chi connectivity index (χ1v) is 6.17. The third kappa shape index (κ3) is 2.83. The fraction of sp³-hybridized carbons (Fsp3) is 0.462. The van der Waals surface area contributed by atoms with Crippen molar-refractivity contribution in [1.82, 2.24) is 14.7 Å². The highest BCUT2D eigenvalue weighted by atomic mass is 16.4. The number of carboxylic acid groups (broad SMARTS) is 1. The summed E-state index contributed by atoms with van der Waals surface area (Å²) < 4.78 is 1.68. The number of aromatic nitrogens is 2. The van der Waals surface area contributed by atoms with Crippen molar-refractivity contribution >= 4 is 18.0 Å². The Morgan fingerprint density at radius 2 is 2.21 bits per heavy atom. The van der Waals surface area contributed by atoms with E-state index in [-0.39, 0.29) is 11.8 Å². The lowest BCUT2D eigenvalue weighted by Gasteiger charge is -2.40. The largest absolute Gasteiger partial charge is 0.481 e. The Morgan fingerprint density at radius 1 is 1.53 bits per heavy atom. The zero-order valence-corrected chi connectivity index (χ0v) is 11.0. The molecule has 0 aliphatic carbocycles. The molecule has 1 aromatic heterocycles. The van der Waals surface area contributed by atoms with Gasteiger partial charge >= 0.3 is 5.97 Å². The van der Waals surface area contributed by atoms with Gasteiger partial charge in [0.05, 0.1) is 11.6 Å². The number of aliphatic carboxylic acids is 1. The third-order valence-electron chi connectivity index (χ3n) is 3.57. The van der Waals surface area contributed by atoms with Crippen LogP contribution >= 0.6 is 0 Å². The summed E-state index contributed by atoms with van der Waals surface area (Å²) >= 11 is 0. The summed E-state index contributed by atoms with van der Waals surface area (Å²) in [6.45, 7) is 2.71. The molecule has 0 saturated carbocycles. The molecule has 1 aromatic rings. The van der Waals surface area contributed by atoms with Crippen LogP contribution in [-0.2, 0) is 16.6 Å². The number of rotatable bonds is 4. The van der Waals surface area contributed by atoms with Crippen molar-refractivity contribution in [2.45, 2.75) is 6.92 Å². The van der Waals surface area contributed by atoms with Crippen LogP contribution in [0.4, 0.5) is 0 Å². The normalized spacial score (nSPS) is 17.5. The van der Waals surface area contributed by atoms with Crippen molar-refractivity contribution < 1.29 is 14.7 Å². The zero-order chi connectivity index (χ0) is 14.0. The maximum Gasteiger partial charge on any atom is 0.306 e. The fourth-order valence-corrected chi connectivity index (χ4v) is 2.02. The Morgan fingerprint density at radius 3 is 2.74 bits per heavy atom. The number of likely N-dealkylation sites (tertiary alicyclic amines) is 1. The predicted octanol–water partition coefficient (Wildman–Crippen LogP) is 0.612. The molecule has 2 rings (SSSR count). The highest BCUT2D eigenvalue weighted by Crippen LogP contribution is 2.24. The van der Waals surface area contributed by atoms with E-state index in [0.717, 1.165) is 5.69 Å². The van der Waals surface area contributed by atoms with E-state index in [0.29, 0.717) is 13.1 Å². The summed E-state index contributed by atoms with van der Waals surface area (Å²) in [6, 6.07) is 1.81. The van der Waals surface area contributed by atoms with E-state index >= 15 is 0 Å². The van der Waals surface area contributed by atoms with E-state index < -0.39 is 11.9 Å². The number of nitrogens with zero attached hydrogens (tertiary/aromatic N) is 3. The van der Waals surface area contributed by atoms with E-state index in [4.69, 9.17) is 5.11 Å². The molecular formula is C13H17N3O3. The second-order valence-electron chi connectivity index (χ2n) is 4.84. The van der Waals surface area contributed by atoms with Gasteiger partial charge in [0.25, 0.3) is 0 Å². The maximum atomic E-state index is 11.8. The topological polar surface area (TPSA) is 75.4 Å². The highest BCUT2D eigenvalue weighted by molar-refractivity contribution is 5.92. The average Bonchev–Trinajstić information content (AvgIpc) is 2.70. The van der Waals surface area contributed by atoms with Gasteiger partial charge in [0.1, 0.15) is 0 Å². The second kappa shape index (κ2) is 5.26. The number of amides is 1. The summed E-state index contributed by atoms with van der Waals surface area (Å²) in [6.07, 6.45) is 4.88. The number of hydrogen-bond donors (Lipinski definition) is 1. The van der Waals surface area contributed by atoms with Crippen molar-refractivity contribution in [3.05, 3.63) is 24.0 Å². The van der Waals surface area contributed by atoms with Crippen LogP contribution in [0.2, 0.25) is 0 Å². The minimum atomic E-state index is -0.803. The number of carbonyl (C=O) groups is 2. The first kappa shape index (κ1) is 13.3. The van der Waals surface area contributed by atoms with Gasteiger partial charge in [-0.1, -0.05) is 6.92 Å². The maximum absolute atomic E-state index is 11.8. The summed E-state index contributed by atoms with van der Waals surface area (Å²) in [4.78, 5) is 24.3. The summed E-state index contributed by atoms with van der Waals surface area (Å²) in [7, 11) is 1.80. The standard InChI is InChI=1S/C13H17N3O3/c1-9(13(18)19)10-7-16(8-10)12(17)4-3-11-5-6-14-15(11)2/h3-6,9-10H,7-8H2,1-2H3,(H,18,19)/b4-3+. The molecule has 0 radical (unpaired) electrons. The van der Waals surface area contributed by atoms with Crippen molar-refractivity contribution in [3.63, 3.8) is 0 Å². The molecule has 1 unspecified atom stereocenters. The highest BCUT2D eigenvalue weighted by Gasteiger charge is 2.36. The smallest absolute Gasteiger partial charge is 0.306 e. The van der Waals surface area contributed by atoms with E-state index in [1.807, 2.05) is 6.07 Å². The van der Waals surface area contributed by atoms with Crippen LogP contribution in [0.25, 0.3) is 6.08 Å². The molecule has 1 N–H and O–H groups in total. The molecule has 1 saturated heterocycles. The van der Waals surface area contributed by atoms with Crippen LogP contribution in [0, 0.1) is 11.8 Å². The SMILES string of the molecule is CC(C(=O)O)C1CN(C(=O)/C=C/c2ccnn2C)C1. The van der Waals surface area contributed by atoms with Gasteiger partial charge in [-0.2, -0.15) is 5.10 Å². The van der Waals surface area contributed by atoms with E-state index in [9.17, 15) is 9.59 Å². The summed E-state index contributed by atoms with van der Waals surface area (Å²) in [5.41, 5.74) is 0.851. The van der Waals surface area contributed by atoms with Gasteiger partial charge in [-0.3, -0.25) is 14.3 Å². The lowest BCUT2D eigenvalue weighted by Crippen LogP contribution is -2.53. The van der Waals surface area contributed by atoms with Crippen molar-refractivity contribution in [2.24, 2.45) is 18.9 Å². The molecule has 19 heavy (non-hydrogen) atoms. The number of carbonyl (C=O) groups excluding carboxylic acids is 1. The van der Waals surface area contributed by atoms with E-state index in [1.165, 1.54) is 6.08 Å². The minimum Gasteiger partial charge on any atom is -0.481 e. The molecule has 1 amide bonds. The predicted molar refractivity (Wildman–Crippen MR) is 69.1 cm³/mol. The van der Waals surface area contributed by atoms with Crippen LogP contribution in [0.3, 0.4) is 0 Å². The molecule has 0 bridgehead atoms. The Bertz CT molecular complexity index is 515. The van der Waals surface area contributed by atoms with Crippen LogP contribution in [0.15, 0.2) is 18.3 Å². The van der Waals surface area contributed by atoms with Crippen LogP contribution < -0.4 is 0 Å². The average molecular weight is 263 g/mol. The lowest BCUT2D eigenvalue weighted by atomic mass is 9.87. The van der Waals surface area contributed by atoms with Gasteiger partial charge in [-0.25, -0.2) is 0 Å². The Balaban J connectivity index is 1.86. The van der Waals surface area contributed by atoms with Crippen LogP contribution in [0.1, 0.15) is 12.6 Å². The van der Waals surface area contributed by atoms with Crippen LogP contribution in [0.5, 0.6) is 0 Å². The number of carboxylic acids is 1. The monoisotopic (exact) mass is 263 g/mol. The third-order valence-corrected chi connectivity index (χ3v) is 3.57. The van der Waals surface area contributed by atoms with Gasteiger partial charge in [0.2, 0.25) is 5.91 Å². The fourth-order valence-electron chi connectivity index (χ4n) is 2.02. The zero-order valence-electron chi connectivity index (χ0n) is 11.0. The minimum absolute atomic E-state index is 0.0616. The molecule has 1 aliphatic rings.